The maximum atomic E-state index is 13.6. The molecule has 0 unspecified atom stereocenters. The molecule has 0 spiro atoms. The summed E-state index contributed by atoms with van der Waals surface area (Å²) in [6.07, 6.45) is 0.368. The van der Waals surface area contributed by atoms with Crippen molar-refractivity contribution in [2.24, 2.45) is 4.99 Å². The average molecular weight is 461 g/mol. The van der Waals surface area contributed by atoms with Crippen molar-refractivity contribution in [2.75, 3.05) is 20.7 Å². The number of ether oxygens (including phenoxy) is 1. The molecule has 0 radical (unpaired) electrons. The van der Waals surface area contributed by atoms with Crippen LogP contribution in [-0.4, -0.2) is 26.7 Å². The lowest BCUT2D eigenvalue weighted by Crippen LogP contribution is -2.37. The second-order valence-electron chi connectivity index (χ2n) is 5.19. The Balaban J connectivity index is 0.00000312. The van der Waals surface area contributed by atoms with Crippen LogP contribution in [-0.2, 0) is 13.0 Å². The minimum Gasteiger partial charge on any atom is -0.497 e. The molecule has 0 amide bonds. The first-order valence-corrected chi connectivity index (χ1v) is 7.63. The Hall–Kier alpha value is -1.90. The van der Waals surface area contributed by atoms with Crippen molar-refractivity contribution in [2.45, 2.75) is 13.0 Å². The van der Waals surface area contributed by atoms with E-state index in [1.54, 1.807) is 14.2 Å². The number of nitrogens with zero attached hydrogens (tertiary/aromatic N) is 1. The highest BCUT2D eigenvalue weighted by Crippen LogP contribution is 2.11. The standard InChI is InChI=1S/C18H21F2N3O.HI/c1-21-18(23-12-13-3-6-16(24-2)7-4-13)22-10-9-14-11-15(19)5-8-17(14)20;/h3-8,11H,9-10,12H2,1-2H3,(H2,21,22,23);1H. The SMILES string of the molecule is CN=C(NCCc1cc(F)ccc1F)NCc1ccc(OC)cc1.I. The molecule has 0 aliphatic heterocycles. The average Bonchev–Trinajstić information content (AvgIpc) is 2.61. The molecular weight excluding hydrogens is 439 g/mol. The van der Waals surface area contributed by atoms with E-state index in [1.807, 2.05) is 24.3 Å². The summed E-state index contributed by atoms with van der Waals surface area (Å²) in [6, 6.07) is 11.2. The van der Waals surface area contributed by atoms with Gasteiger partial charge in [0, 0.05) is 20.1 Å². The third kappa shape index (κ3) is 6.85. The summed E-state index contributed by atoms with van der Waals surface area (Å²) in [5, 5.41) is 6.25. The molecule has 0 fully saturated rings. The van der Waals surface area contributed by atoms with Crippen LogP contribution in [0.4, 0.5) is 8.78 Å². The van der Waals surface area contributed by atoms with Crippen LogP contribution in [0.3, 0.4) is 0 Å². The molecule has 0 atom stereocenters. The van der Waals surface area contributed by atoms with Gasteiger partial charge in [-0.2, -0.15) is 0 Å². The molecule has 0 heterocycles. The maximum Gasteiger partial charge on any atom is 0.191 e. The van der Waals surface area contributed by atoms with E-state index in [2.05, 4.69) is 15.6 Å². The van der Waals surface area contributed by atoms with Crippen LogP contribution >= 0.6 is 24.0 Å². The van der Waals surface area contributed by atoms with E-state index in [4.69, 9.17) is 4.74 Å². The molecule has 0 aromatic heterocycles. The normalized spacial score (nSPS) is 10.8. The highest BCUT2D eigenvalue weighted by molar-refractivity contribution is 14.0. The van der Waals surface area contributed by atoms with Crippen LogP contribution in [0.1, 0.15) is 11.1 Å². The zero-order valence-corrected chi connectivity index (χ0v) is 16.5. The number of methoxy groups -OCH3 is 1. The van der Waals surface area contributed by atoms with Crippen molar-refractivity contribution in [3.8, 4) is 5.75 Å². The van der Waals surface area contributed by atoms with Crippen molar-refractivity contribution >= 4 is 29.9 Å². The number of hydrogen-bond donors (Lipinski definition) is 2. The molecule has 136 valence electrons. The van der Waals surface area contributed by atoms with E-state index >= 15 is 0 Å². The molecule has 0 bridgehead atoms. The van der Waals surface area contributed by atoms with Gasteiger partial charge >= 0.3 is 0 Å². The van der Waals surface area contributed by atoms with Crippen LogP contribution in [0, 0.1) is 11.6 Å². The number of aliphatic imine (C=N–C) groups is 1. The Bertz CT molecular complexity index is 693. The molecule has 2 aromatic carbocycles. The lowest BCUT2D eigenvalue weighted by atomic mass is 10.1. The summed E-state index contributed by atoms with van der Waals surface area (Å²) in [5.41, 5.74) is 1.42. The molecule has 25 heavy (non-hydrogen) atoms. The molecule has 7 heteroatoms. The monoisotopic (exact) mass is 461 g/mol. The quantitative estimate of drug-likeness (QED) is 0.394. The fourth-order valence-electron chi connectivity index (χ4n) is 2.20. The zero-order chi connectivity index (χ0) is 17.4. The predicted molar refractivity (Wildman–Crippen MR) is 107 cm³/mol. The van der Waals surface area contributed by atoms with Crippen LogP contribution in [0.15, 0.2) is 47.5 Å². The minimum absolute atomic E-state index is 0. The molecule has 0 aliphatic rings. The van der Waals surface area contributed by atoms with Crippen molar-refractivity contribution < 1.29 is 13.5 Å². The Morgan fingerprint density at radius 1 is 1.08 bits per heavy atom. The van der Waals surface area contributed by atoms with Gasteiger partial charge in [-0.15, -0.1) is 24.0 Å². The molecule has 2 aromatic rings. The van der Waals surface area contributed by atoms with Gasteiger partial charge in [0.05, 0.1) is 7.11 Å². The number of nitrogens with one attached hydrogen (secondary N) is 2. The topological polar surface area (TPSA) is 45.7 Å². The van der Waals surface area contributed by atoms with Gasteiger partial charge in [-0.25, -0.2) is 8.78 Å². The summed E-state index contributed by atoms with van der Waals surface area (Å²) in [7, 11) is 3.28. The predicted octanol–water partition coefficient (Wildman–Crippen LogP) is 3.50. The lowest BCUT2D eigenvalue weighted by Gasteiger charge is -2.12. The Morgan fingerprint density at radius 2 is 1.80 bits per heavy atom. The largest absolute Gasteiger partial charge is 0.497 e. The van der Waals surface area contributed by atoms with Gasteiger partial charge in [0.15, 0.2) is 5.96 Å². The van der Waals surface area contributed by atoms with Crippen molar-refractivity contribution in [3.63, 3.8) is 0 Å². The summed E-state index contributed by atoms with van der Waals surface area (Å²) < 4.78 is 31.8. The van der Waals surface area contributed by atoms with E-state index in [0.717, 1.165) is 23.4 Å². The van der Waals surface area contributed by atoms with Crippen LogP contribution in [0.2, 0.25) is 0 Å². The van der Waals surface area contributed by atoms with Crippen molar-refractivity contribution in [3.05, 3.63) is 65.2 Å². The summed E-state index contributed by atoms with van der Waals surface area (Å²) in [5.74, 6) is 0.564. The summed E-state index contributed by atoms with van der Waals surface area (Å²) in [6.45, 7) is 1.04. The van der Waals surface area contributed by atoms with Gasteiger partial charge in [-0.1, -0.05) is 12.1 Å². The van der Waals surface area contributed by atoms with Gasteiger partial charge in [0.1, 0.15) is 17.4 Å². The van der Waals surface area contributed by atoms with Gasteiger partial charge in [-0.3, -0.25) is 4.99 Å². The smallest absolute Gasteiger partial charge is 0.191 e. The minimum atomic E-state index is -0.437. The third-order valence-electron chi connectivity index (χ3n) is 3.54. The maximum absolute atomic E-state index is 13.6. The molecule has 2 rings (SSSR count). The highest BCUT2D eigenvalue weighted by Gasteiger charge is 2.04. The number of guanidine groups is 1. The van der Waals surface area contributed by atoms with Gasteiger partial charge in [0.25, 0.3) is 0 Å². The molecule has 2 N–H and O–H groups in total. The second kappa shape index (κ2) is 10.9. The van der Waals surface area contributed by atoms with Crippen LogP contribution < -0.4 is 15.4 Å². The van der Waals surface area contributed by atoms with E-state index in [9.17, 15) is 8.78 Å². The van der Waals surface area contributed by atoms with E-state index in [-0.39, 0.29) is 24.0 Å². The van der Waals surface area contributed by atoms with Crippen LogP contribution in [0.5, 0.6) is 5.75 Å². The Kier molecular flexibility index (Phi) is 9.18. The van der Waals surface area contributed by atoms with Crippen molar-refractivity contribution in [1.29, 1.82) is 0 Å². The number of benzene rings is 2. The summed E-state index contributed by atoms with van der Waals surface area (Å²) >= 11 is 0. The first kappa shape index (κ1) is 21.1. The van der Waals surface area contributed by atoms with Gasteiger partial charge in [0.2, 0.25) is 0 Å². The molecule has 4 nitrogen and oxygen atoms in total. The van der Waals surface area contributed by atoms with Gasteiger partial charge < -0.3 is 15.4 Å². The first-order valence-electron chi connectivity index (χ1n) is 7.63. The molecule has 0 aliphatic carbocycles. The van der Waals surface area contributed by atoms with Crippen molar-refractivity contribution in [1.82, 2.24) is 10.6 Å². The molecular formula is C18H22F2IN3O. The molecule has 0 saturated heterocycles. The fourth-order valence-corrected chi connectivity index (χ4v) is 2.20. The molecule has 0 saturated carbocycles. The zero-order valence-electron chi connectivity index (χ0n) is 14.2. The van der Waals surface area contributed by atoms with E-state index < -0.39 is 11.6 Å². The second-order valence-corrected chi connectivity index (χ2v) is 5.19. The van der Waals surface area contributed by atoms with Crippen LogP contribution in [0.25, 0.3) is 0 Å². The van der Waals surface area contributed by atoms with E-state index in [0.29, 0.717) is 31.0 Å². The Morgan fingerprint density at radius 3 is 2.44 bits per heavy atom. The fraction of sp³-hybridized carbons (Fsp3) is 0.278. The van der Waals surface area contributed by atoms with Gasteiger partial charge in [-0.05, 0) is 47.9 Å². The lowest BCUT2D eigenvalue weighted by molar-refractivity contribution is 0.414. The number of halogens is 3. The third-order valence-corrected chi connectivity index (χ3v) is 3.54. The Labute approximate surface area is 163 Å². The van der Waals surface area contributed by atoms with E-state index in [1.165, 1.54) is 6.07 Å². The number of hydrogen-bond acceptors (Lipinski definition) is 2. The number of rotatable bonds is 6. The first-order chi connectivity index (χ1) is 11.6. The summed E-state index contributed by atoms with van der Waals surface area (Å²) in [4.78, 5) is 4.11. The highest BCUT2D eigenvalue weighted by atomic mass is 127.